The van der Waals surface area contributed by atoms with E-state index in [1.807, 2.05) is 26.0 Å². The number of benzene rings is 1. The summed E-state index contributed by atoms with van der Waals surface area (Å²) in [5.74, 6) is 0.684. The number of nitrogens with one attached hydrogen (secondary N) is 4. The van der Waals surface area contributed by atoms with Gasteiger partial charge in [0.1, 0.15) is 0 Å². The predicted molar refractivity (Wildman–Crippen MR) is 107 cm³/mol. The molecule has 144 valence electrons. The van der Waals surface area contributed by atoms with Gasteiger partial charge in [-0.3, -0.25) is 4.79 Å². The Kier molecular flexibility index (Phi) is 7.29. The number of carbonyl (C=O) groups is 2. The standard InChI is InChI=1S/C19H28N4O2.ClH/c1-12(2)20-19(25)22-15-9-7-14(8-10-15)21-18(24)17-11-13-5-3-4-6-16(13)23-17;/h7-10,12-13,16-17,23H,3-6,11H2,1-2H3,(H,21,24)(H2,20,22,25);1H. The highest BCUT2D eigenvalue weighted by molar-refractivity contribution is 5.95. The molecule has 3 amide bonds. The van der Waals surface area contributed by atoms with E-state index in [1.165, 1.54) is 25.7 Å². The molecule has 7 heteroatoms. The Bertz CT molecular complexity index is 606. The second-order valence-electron chi connectivity index (χ2n) is 7.43. The molecule has 1 aromatic rings. The highest BCUT2D eigenvalue weighted by Gasteiger charge is 2.38. The van der Waals surface area contributed by atoms with Crippen molar-refractivity contribution in [2.75, 3.05) is 10.6 Å². The van der Waals surface area contributed by atoms with E-state index in [9.17, 15) is 9.59 Å². The molecule has 3 unspecified atom stereocenters. The van der Waals surface area contributed by atoms with Gasteiger partial charge in [0, 0.05) is 23.5 Å². The van der Waals surface area contributed by atoms with Crippen LogP contribution >= 0.6 is 12.4 Å². The summed E-state index contributed by atoms with van der Waals surface area (Å²) in [4.78, 5) is 24.2. The molecule has 1 aliphatic heterocycles. The molecule has 2 fully saturated rings. The minimum atomic E-state index is -0.232. The van der Waals surface area contributed by atoms with Gasteiger partial charge in [-0.05, 0) is 63.3 Å². The average molecular weight is 381 g/mol. The van der Waals surface area contributed by atoms with Crippen molar-refractivity contribution >= 4 is 35.7 Å². The highest BCUT2D eigenvalue weighted by atomic mass is 35.5. The van der Waals surface area contributed by atoms with Gasteiger partial charge in [-0.1, -0.05) is 12.8 Å². The highest BCUT2D eigenvalue weighted by Crippen LogP contribution is 2.33. The Morgan fingerprint density at radius 3 is 2.27 bits per heavy atom. The fourth-order valence-corrected chi connectivity index (χ4v) is 3.82. The minimum Gasteiger partial charge on any atom is -0.336 e. The van der Waals surface area contributed by atoms with E-state index in [2.05, 4.69) is 21.3 Å². The number of halogens is 1. The zero-order valence-electron chi connectivity index (χ0n) is 15.4. The van der Waals surface area contributed by atoms with Gasteiger partial charge in [0.05, 0.1) is 6.04 Å². The van der Waals surface area contributed by atoms with Gasteiger partial charge in [-0.15, -0.1) is 12.4 Å². The summed E-state index contributed by atoms with van der Waals surface area (Å²) in [6.45, 7) is 3.82. The third-order valence-corrected chi connectivity index (χ3v) is 5.01. The van der Waals surface area contributed by atoms with Crippen LogP contribution in [0.1, 0.15) is 46.0 Å². The molecule has 0 aromatic heterocycles. The van der Waals surface area contributed by atoms with Crippen LogP contribution in [0.5, 0.6) is 0 Å². The average Bonchev–Trinajstić information content (AvgIpc) is 3.00. The Morgan fingerprint density at radius 2 is 1.65 bits per heavy atom. The van der Waals surface area contributed by atoms with E-state index in [1.54, 1.807) is 12.1 Å². The fraction of sp³-hybridized carbons (Fsp3) is 0.579. The lowest BCUT2D eigenvalue weighted by Crippen LogP contribution is -2.39. The monoisotopic (exact) mass is 380 g/mol. The van der Waals surface area contributed by atoms with Crippen molar-refractivity contribution in [2.24, 2.45) is 5.92 Å². The lowest BCUT2D eigenvalue weighted by molar-refractivity contribution is -0.117. The summed E-state index contributed by atoms with van der Waals surface area (Å²) in [5.41, 5.74) is 1.44. The molecule has 1 heterocycles. The molecule has 1 aliphatic carbocycles. The van der Waals surface area contributed by atoms with Crippen molar-refractivity contribution in [3.63, 3.8) is 0 Å². The summed E-state index contributed by atoms with van der Waals surface area (Å²) >= 11 is 0. The smallest absolute Gasteiger partial charge is 0.319 e. The normalized spacial score (nSPS) is 24.3. The minimum absolute atomic E-state index is 0. The van der Waals surface area contributed by atoms with Crippen molar-refractivity contribution in [3.8, 4) is 0 Å². The molecule has 1 saturated carbocycles. The molecular formula is C19H29ClN4O2. The van der Waals surface area contributed by atoms with Crippen molar-refractivity contribution in [2.45, 2.75) is 64.1 Å². The largest absolute Gasteiger partial charge is 0.336 e. The van der Waals surface area contributed by atoms with Gasteiger partial charge in [0.2, 0.25) is 5.91 Å². The van der Waals surface area contributed by atoms with E-state index < -0.39 is 0 Å². The number of urea groups is 1. The fourth-order valence-electron chi connectivity index (χ4n) is 3.82. The Hall–Kier alpha value is -1.79. The predicted octanol–water partition coefficient (Wildman–Crippen LogP) is 3.50. The lowest BCUT2D eigenvalue weighted by Gasteiger charge is -2.24. The van der Waals surface area contributed by atoms with Crippen LogP contribution in [0, 0.1) is 5.92 Å². The van der Waals surface area contributed by atoms with Gasteiger partial charge in [0.15, 0.2) is 0 Å². The molecule has 26 heavy (non-hydrogen) atoms. The second kappa shape index (κ2) is 9.24. The quantitative estimate of drug-likeness (QED) is 0.645. The van der Waals surface area contributed by atoms with Crippen LogP contribution in [-0.2, 0) is 4.79 Å². The zero-order chi connectivity index (χ0) is 17.8. The third kappa shape index (κ3) is 5.35. The van der Waals surface area contributed by atoms with Gasteiger partial charge in [-0.25, -0.2) is 4.79 Å². The SMILES string of the molecule is CC(C)NC(=O)Nc1ccc(NC(=O)C2CC3CCCCC3N2)cc1.Cl. The maximum atomic E-state index is 12.5. The topological polar surface area (TPSA) is 82.3 Å². The Balaban J connectivity index is 0.00000243. The molecule has 4 N–H and O–H groups in total. The first-order chi connectivity index (χ1) is 12.0. The Morgan fingerprint density at radius 1 is 1.04 bits per heavy atom. The first kappa shape index (κ1) is 20.5. The number of amides is 3. The Labute approximate surface area is 161 Å². The van der Waals surface area contributed by atoms with Crippen LogP contribution in [0.15, 0.2) is 24.3 Å². The molecule has 3 rings (SSSR count). The molecule has 0 spiro atoms. The molecule has 0 radical (unpaired) electrons. The molecular weight excluding hydrogens is 352 g/mol. The van der Waals surface area contributed by atoms with Crippen LogP contribution in [-0.4, -0.2) is 30.1 Å². The number of rotatable bonds is 4. The van der Waals surface area contributed by atoms with E-state index in [-0.39, 0.29) is 36.4 Å². The van der Waals surface area contributed by atoms with E-state index in [0.717, 1.165) is 12.1 Å². The second-order valence-corrected chi connectivity index (χ2v) is 7.43. The van der Waals surface area contributed by atoms with Crippen LogP contribution in [0.25, 0.3) is 0 Å². The van der Waals surface area contributed by atoms with Crippen LogP contribution in [0.2, 0.25) is 0 Å². The maximum Gasteiger partial charge on any atom is 0.319 e. The van der Waals surface area contributed by atoms with Crippen molar-refractivity contribution in [1.82, 2.24) is 10.6 Å². The van der Waals surface area contributed by atoms with Gasteiger partial charge < -0.3 is 21.3 Å². The number of anilines is 2. The molecule has 2 aliphatic rings. The number of hydrogen-bond donors (Lipinski definition) is 4. The third-order valence-electron chi connectivity index (χ3n) is 5.01. The first-order valence-corrected chi connectivity index (χ1v) is 9.26. The van der Waals surface area contributed by atoms with E-state index >= 15 is 0 Å². The number of fused-ring (bicyclic) bond motifs is 1. The van der Waals surface area contributed by atoms with Crippen LogP contribution in [0.3, 0.4) is 0 Å². The lowest BCUT2D eigenvalue weighted by atomic mass is 9.85. The summed E-state index contributed by atoms with van der Waals surface area (Å²) in [7, 11) is 0. The summed E-state index contributed by atoms with van der Waals surface area (Å²) in [5, 5.41) is 12.0. The molecule has 3 atom stereocenters. The number of hydrogen-bond acceptors (Lipinski definition) is 3. The molecule has 6 nitrogen and oxygen atoms in total. The maximum absolute atomic E-state index is 12.5. The molecule has 1 aromatic carbocycles. The van der Waals surface area contributed by atoms with Gasteiger partial charge in [0.25, 0.3) is 0 Å². The molecule has 0 bridgehead atoms. The van der Waals surface area contributed by atoms with Crippen LogP contribution < -0.4 is 21.3 Å². The van der Waals surface area contributed by atoms with Gasteiger partial charge in [-0.2, -0.15) is 0 Å². The van der Waals surface area contributed by atoms with Crippen molar-refractivity contribution in [3.05, 3.63) is 24.3 Å². The van der Waals surface area contributed by atoms with E-state index in [4.69, 9.17) is 0 Å². The number of carbonyl (C=O) groups excluding carboxylic acids is 2. The van der Waals surface area contributed by atoms with Crippen LogP contribution in [0.4, 0.5) is 16.2 Å². The summed E-state index contributed by atoms with van der Waals surface area (Å²) < 4.78 is 0. The summed E-state index contributed by atoms with van der Waals surface area (Å²) in [6, 6.07) is 7.47. The zero-order valence-corrected chi connectivity index (χ0v) is 16.2. The van der Waals surface area contributed by atoms with Crippen molar-refractivity contribution < 1.29 is 9.59 Å². The van der Waals surface area contributed by atoms with Crippen molar-refractivity contribution in [1.29, 1.82) is 0 Å². The first-order valence-electron chi connectivity index (χ1n) is 9.26. The molecule has 1 saturated heterocycles. The van der Waals surface area contributed by atoms with E-state index in [0.29, 0.717) is 17.6 Å². The van der Waals surface area contributed by atoms with Gasteiger partial charge >= 0.3 is 6.03 Å². The summed E-state index contributed by atoms with van der Waals surface area (Å²) in [6.07, 6.45) is 5.91.